The Morgan fingerprint density at radius 1 is 0.919 bits per heavy atom. The van der Waals surface area contributed by atoms with Crippen LogP contribution < -0.4 is 19.7 Å². The number of carbonyl (C=O) groups excluding carboxylic acids is 1. The standard InChI is InChI=1S/C20H24N2O2.C10H14O.C2H6.2H2/c1-15(22(3)18-10-12-19(24-4)13-11-18)20(21-16(2)23)14-17-8-6-5-7-9-17;1-7-5-10(11-4)6-8(2)9(7)3;1-2;;/h5-13,20H,1,14H2,2-4H3,(H,21,23);5-6H,1-4H3;1-2H3;2*1H/t20-;;;;/m0..../s1. The Hall–Kier alpha value is -3.73. The predicted molar refractivity (Wildman–Crippen MR) is 161 cm³/mol. The molecule has 0 aromatic heterocycles. The van der Waals surface area contributed by atoms with Gasteiger partial charge in [0.15, 0.2) is 0 Å². The molecule has 5 nitrogen and oxygen atoms in total. The molecule has 0 saturated heterocycles. The van der Waals surface area contributed by atoms with Crippen LogP contribution >= 0.6 is 0 Å². The number of nitrogens with zero attached hydrogens (tertiary/aromatic N) is 1. The third-order valence-electron chi connectivity index (χ3n) is 6.09. The molecule has 1 atom stereocenters. The van der Waals surface area contributed by atoms with Crippen molar-refractivity contribution in [3.05, 3.63) is 101 Å². The second-order valence-corrected chi connectivity index (χ2v) is 8.58. The third kappa shape index (κ3) is 10.0. The molecule has 0 bridgehead atoms. The van der Waals surface area contributed by atoms with Crippen molar-refractivity contribution in [1.82, 2.24) is 5.32 Å². The van der Waals surface area contributed by atoms with Crippen LogP contribution in [0.2, 0.25) is 0 Å². The number of amides is 1. The van der Waals surface area contributed by atoms with E-state index in [1.807, 2.05) is 68.3 Å². The Balaban J connectivity index is 0. The number of benzene rings is 3. The molecule has 0 fully saturated rings. The van der Waals surface area contributed by atoms with Crippen molar-refractivity contribution >= 4 is 11.6 Å². The van der Waals surface area contributed by atoms with Crippen LogP contribution in [0, 0.1) is 20.8 Å². The molecule has 0 spiro atoms. The van der Waals surface area contributed by atoms with Crippen LogP contribution in [-0.4, -0.2) is 33.2 Å². The van der Waals surface area contributed by atoms with E-state index in [0.29, 0.717) is 6.42 Å². The summed E-state index contributed by atoms with van der Waals surface area (Å²) in [4.78, 5) is 13.6. The molecule has 0 radical (unpaired) electrons. The van der Waals surface area contributed by atoms with E-state index in [9.17, 15) is 4.79 Å². The van der Waals surface area contributed by atoms with Crippen molar-refractivity contribution in [1.29, 1.82) is 0 Å². The van der Waals surface area contributed by atoms with Crippen molar-refractivity contribution in [2.45, 2.75) is 54.0 Å². The van der Waals surface area contributed by atoms with Crippen LogP contribution in [-0.2, 0) is 11.2 Å². The highest BCUT2D eigenvalue weighted by molar-refractivity contribution is 5.74. The number of nitrogens with one attached hydrogen (secondary N) is 1. The van der Waals surface area contributed by atoms with Crippen molar-refractivity contribution < 1.29 is 17.1 Å². The molecule has 0 heterocycles. The largest absolute Gasteiger partial charge is 0.497 e. The number of rotatable bonds is 8. The van der Waals surface area contributed by atoms with Gasteiger partial charge in [0.1, 0.15) is 11.5 Å². The van der Waals surface area contributed by atoms with E-state index in [1.54, 1.807) is 14.2 Å². The van der Waals surface area contributed by atoms with Crippen LogP contribution in [0.1, 0.15) is 45.9 Å². The van der Waals surface area contributed by atoms with Gasteiger partial charge in [-0.1, -0.05) is 50.8 Å². The SMILES string of the molecule is C=C([C@H](Cc1ccccc1)NC(C)=O)N(C)c1ccc(OC)cc1.CC.COc1cc(C)c(C)c(C)c1.[HH].[HH]. The molecule has 0 aliphatic carbocycles. The summed E-state index contributed by atoms with van der Waals surface area (Å²) in [6, 6.07) is 21.8. The highest BCUT2D eigenvalue weighted by Gasteiger charge is 2.19. The average molecular weight is 509 g/mol. The molecule has 3 rings (SSSR count). The zero-order chi connectivity index (χ0) is 28.0. The van der Waals surface area contributed by atoms with E-state index in [-0.39, 0.29) is 14.8 Å². The van der Waals surface area contributed by atoms with Crippen molar-refractivity contribution in [3.8, 4) is 11.5 Å². The van der Waals surface area contributed by atoms with E-state index in [4.69, 9.17) is 9.47 Å². The number of anilines is 1. The lowest BCUT2D eigenvalue weighted by atomic mass is 10.0. The number of ether oxygens (including phenoxy) is 2. The lowest BCUT2D eigenvalue weighted by Crippen LogP contribution is -2.41. The lowest BCUT2D eigenvalue weighted by Gasteiger charge is -2.29. The first-order valence-electron chi connectivity index (χ1n) is 12.7. The van der Waals surface area contributed by atoms with Crippen molar-refractivity contribution in [3.63, 3.8) is 0 Å². The first-order valence-corrected chi connectivity index (χ1v) is 12.7. The molecule has 37 heavy (non-hydrogen) atoms. The number of hydrogen-bond acceptors (Lipinski definition) is 4. The van der Waals surface area contributed by atoms with Gasteiger partial charge in [0.25, 0.3) is 0 Å². The fourth-order valence-corrected chi connectivity index (χ4v) is 3.67. The predicted octanol–water partition coefficient (Wildman–Crippen LogP) is 7.53. The minimum atomic E-state index is -0.169. The minimum Gasteiger partial charge on any atom is -0.497 e. The fraction of sp³-hybridized carbons (Fsp3) is 0.344. The molecule has 1 amide bonds. The second-order valence-electron chi connectivity index (χ2n) is 8.58. The van der Waals surface area contributed by atoms with Crippen molar-refractivity contribution in [2.24, 2.45) is 0 Å². The van der Waals surface area contributed by atoms with Gasteiger partial charge in [-0.2, -0.15) is 0 Å². The summed E-state index contributed by atoms with van der Waals surface area (Å²) >= 11 is 0. The zero-order valence-corrected chi connectivity index (χ0v) is 24.0. The Labute approximate surface area is 227 Å². The summed E-state index contributed by atoms with van der Waals surface area (Å²) in [7, 11) is 5.29. The average Bonchev–Trinajstić information content (AvgIpc) is 2.92. The van der Waals surface area contributed by atoms with Crippen LogP contribution in [0.4, 0.5) is 5.69 Å². The fourth-order valence-electron chi connectivity index (χ4n) is 3.67. The molecule has 1 N–H and O–H groups in total. The van der Waals surface area contributed by atoms with E-state index in [0.717, 1.165) is 28.4 Å². The highest BCUT2D eigenvalue weighted by atomic mass is 16.5. The van der Waals surface area contributed by atoms with Crippen molar-refractivity contribution in [2.75, 3.05) is 26.2 Å². The molecule has 5 heteroatoms. The highest BCUT2D eigenvalue weighted by Crippen LogP contribution is 2.23. The Kier molecular flexibility index (Phi) is 13.6. The summed E-state index contributed by atoms with van der Waals surface area (Å²) in [5.41, 5.74) is 6.92. The Morgan fingerprint density at radius 2 is 1.43 bits per heavy atom. The molecular weight excluding hydrogens is 460 g/mol. The maximum Gasteiger partial charge on any atom is 0.217 e. The molecule has 0 unspecified atom stereocenters. The van der Waals surface area contributed by atoms with Gasteiger partial charge >= 0.3 is 0 Å². The lowest BCUT2D eigenvalue weighted by molar-refractivity contribution is -0.119. The van der Waals surface area contributed by atoms with Crippen LogP contribution in [0.25, 0.3) is 0 Å². The monoisotopic (exact) mass is 508 g/mol. The van der Waals surface area contributed by atoms with Gasteiger partial charge in [0.05, 0.1) is 20.3 Å². The number of methoxy groups -OCH3 is 2. The van der Waals surface area contributed by atoms with E-state index in [1.165, 1.54) is 23.6 Å². The summed E-state index contributed by atoms with van der Waals surface area (Å²) in [5.74, 6) is 1.69. The maximum atomic E-state index is 11.6. The molecule has 0 saturated carbocycles. The van der Waals surface area contributed by atoms with Crippen LogP contribution in [0.3, 0.4) is 0 Å². The van der Waals surface area contributed by atoms with Gasteiger partial charge in [-0.05, 0) is 85.8 Å². The zero-order valence-electron chi connectivity index (χ0n) is 24.0. The molecule has 0 aliphatic heterocycles. The maximum absolute atomic E-state index is 11.6. The van der Waals surface area contributed by atoms with Gasteiger partial charge in [-0.25, -0.2) is 0 Å². The topological polar surface area (TPSA) is 50.8 Å². The van der Waals surface area contributed by atoms with Crippen LogP contribution in [0.15, 0.2) is 79.0 Å². The molecule has 3 aromatic rings. The normalized spacial score (nSPS) is 10.5. The van der Waals surface area contributed by atoms with Gasteiger partial charge < -0.3 is 19.7 Å². The first kappa shape index (κ1) is 31.3. The number of hydrogen-bond donors (Lipinski definition) is 1. The number of carbonyl (C=O) groups is 1. The van der Waals surface area contributed by atoms with Gasteiger partial charge in [0.2, 0.25) is 5.91 Å². The molecule has 204 valence electrons. The molecule has 0 aliphatic rings. The van der Waals surface area contributed by atoms with E-state index >= 15 is 0 Å². The Bertz CT molecular complexity index is 1100. The summed E-state index contributed by atoms with van der Waals surface area (Å²) in [6.45, 7) is 16.1. The quantitative estimate of drug-likeness (QED) is 0.342. The second kappa shape index (κ2) is 16.1. The summed E-state index contributed by atoms with van der Waals surface area (Å²) in [5, 5.41) is 3.00. The molecule has 3 aromatic carbocycles. The van der Waals surface area contributed by atoms with E-state index in [2.05, 4.69) is 56.9 Å². The van der Waals surface area contributed by atoms with Crippen LogP contribution in [0.5, 0.6) is 11.5 Å². The smallest absolute Gasteiger partial charge is 0.217 e. The summed E-state index contributed by atoms with van der Waals surface area (Å²) in [6.07, 6.45) is 0.694. The van der Waals surface area contributed by atoms with Gasteiger partial charge in [-0.3, -0.25) is 4.79 Å². The van der Waals surface area contributed by atoms with Gasteiger partial charge in [0, 0.05) is 28.2 Å². The van der Waals surface area contributed by atoms with E-state index < -0.39 is 0 Å². The molecular formula is C32H48N2O3. The minimum absolute atomic E-state index is 0. The third-order valence-corrected chi connectivity index (χ3v) is 6.09. The summed E-state index contributed by atoms with van der Waals surface area (Å²) < 4.78 is 10.3. The number of aryl methyl sites for hydroxylation is 2. The Morgan fingerprint density at radius 3 is 1.89 bits per heavy atom. The van der Waals surface area contributed by atoms with Gasteiger partial charge in [-0.15, -0.1) is 0 Å². The first-order chi connectivity index (χ1) is 17.7. The number of likely N-dealkylation sites (N-methyl/N-ethyl adjacent to an activating group) is 1.